The Hall–Kier alpha value is -8.98. The van der Waals surface area contributed by atoms with Crippen molar-refractivity contribution < 1.29 is 0 Å². The molecule has 15 rings (SSSR count). The molecule has 0 radical (unpaired) electrons. The Morgan fingerprint density at radius 1 is 0.224 bits per heavy atom. The molecule has 15 aromatic rings. The summed E-state index contributed by atoms with van der Waals surface area (Å²) in [4.78, 5) is 0. The Balaban J connectivity index is 1.07. The number of para-hydroxylation sites is 2. The number of rotatable bonds is 6. The van der Waals surface area contributed by atoms with Crippen molar-refractivity contribution >= 4 is 76.2 Å². The number of hydrogen-bond acceptors (Lipinski definition) is 0. The molecule has 2 nitrogen and oxygen atoms in total. The van der Waals surface area contributed by atoms with E-state index in [0.29, 0.717) is 0 Å². The first-order valence-corrected chi connectivity index (χ1v) is 26.9. The van der Waals surface area contributed by atoms with Crippen LogP contribution in [0, 0.1) is 55.4 Å². The number of hydrogen-bond donors (Lipinski definition) is 0. The van der Waals surface area contributed by atoms with Crippen LogP contribution in [0.3, 0.4) is 0 Å². The SMILES string of the molecule is Cc1cccc(C)c1-c1cccc(-c2c(C)cccc2C)c1-c1ccc2c3c4c5ccccc5n5c6cc(-c7c(-c8c(C)cccc8C)cccc7-c7c(C)cccc7C)ccc6c(c6c7ccccc7n(c2c1)c63)c45. The molecule has 0 aliphatic carbocycles. The van der Waals surface area contributed by atoms with E-state index in [-0.39, 0.29) is 0 Å². The molecule has 11 aromatic carbocycles. The molecule has 2 heteroatoms. The summed E-state index contributed by atoms with van der Waals surface area (Å²) in [5.74, 6) is 0. The molecule has 0 fully saturated rings. The fraction of sp³-hybridized carbons (Fsp3) is 0.108. The van der Waals surface area contributed by atoms with E-state index in [9.17, 15) is 0 Å². The third kappa shape index (κ3) is 5.98. The van der Waals surface area contributed by atoms with E-state index in [1.165, 1.54) is 187 Å². The third-order valence-electron chi connectivity index (χ3n) is 17.4. The van der Waals surface area contributed by atoms with Crippen molar-refractivity contribution in [2.75, 3.05) is 0 Å². The first kappa shape index (κ1) is 44.5. The summed E-state index contributed by atoms with van der Waals surface area (Å²) in [6.07, 6.45) is 0. The highest BCUT2D eigenvalue weighted by atomic mass is 14.9. The van der Waals surface area contributed by atoms with Gasteiger partial charge in [-0.1, -0.05) is 170 Å². The van der Waals surface area contributed by atoms with Gasteiger partial charge in [-0.15, -0.1) is 0 Å². The van der Waals surface area contributed by atoms with E-state index in [4.69, 9.17) is 0 Å². The van der Waals surface area contributed by atoms with Crippen molar-refractivity contribution in [3.8, 4) is 66.8 Å². The van der Waals surface area contributed by atoms with Crippen LogP contribution in [0.5, 0.6) is 0 Å². The van der Waals surface area contributed by atoms with Crippen molar-refractivity contribution in [3.05, 3.63) is 239 Å². The zero-order valence-corrected chi connectivity index (χ0v) is 44.4. The monoisotopic (exact) mass is 972 g/mol. The van der Waals surface area contributed by atoms with Gasteiger partial charge in [-0.05, 0) is 191 Å². The van der Waals surface area contributed by atoms with E-state index in [1.54, 1.807) is 0 Å². The van der Waals surface area contributed by atoms with Crippen LogP contribution in [0.1, 0.15) is 44.5 Å². The summed E-state index contributed by atoms with van der Waals surface area (Å²) in [6, 6.07) is 73.8. The van der Waals surface area contributed by atoms with Gasteiger partial charge < -0.3 is 8.80 Å². The quantitative estimate of drug-likeness (QED) is 0.157. The molecule has 4 heterocycles. The van der Waals surface area contributed by atoms with Gasteiger partial charge >= 0.3 is 0 Å². The summed E-state index contributed by atoms with van der Waals surface area (Å²) in [5.41, 5.74) is 33.1. The average molecular weight is 973 g/mol. The summed E-state index contributed by atoms with van der Waals surface area (Å²) in [5, 5.41) is 10.4. The van der Waals surface area contributed by atoms with Gasteiger partial charge in [-0.2, -0.15) is 0 Å². The predicted octanol–water partition coefficient (Wildman–Crippen LogP) is 20.5. The highest BCUT2D eigenvalue weighted by molar-refractivity contribution is 6.45. The zero-order chi connectivity index (χ0) is 51.4. The molecule has 0 saturated heterocycles. The van der Waals surface area contributed by atoms with Crippen LogP contribution < -0.4 is 0 Å². The minimum Gasteiger partial charge on any atom is -0.308 e. The lowest BCUT2D eigenvalue weighted by Gasteiger charge is -2.21. The maximum absolute atomic E-state index is 2.62. The number of aryl methyl sites for hydroxylation is 8. The summed E-state index contributed by atoms with van der Waals surface area (Å²) in [6.45, 7) is 18.1. The summed E-state index contributed by atoms with van der Waals surface area (Å²) in [7, 11) is 0. The normalized spacial score (nSPS) is 12.2. The second-order valence-electron chi connectivity index (χ2n) is 21.9. The molecule has 0 saturated carbocycles. The number of fused-ring (bicyclic) bond motifs is 14. The first-order valence-electron chi connectivity index (χ1n) is 26.9. The highest BCUT2D eigenvalue weighted by Crippen LogP contribution is 2.54. The Labute approximate surface area is 443 Å². The molecule has 0 amide bonds. The molecular weight excluding hydrogens is 917 g/mol. The molecule has 0 aliphatic heterocycles. The molecule has 0 bridgehead atoms. The van der Waals surface area contributed by atoms with Crippen LogP contribution >= 0.6 is 0 Å². The highest BCUT2D eigenvalue weighted by Gasteiger charge is 2.30. The van der Waals surface area contributed by atoms with Gasteiger partial charge in [0.25, 0.3) is 0 Å². The largest absolute Gasteiger partial charge is 0.308 e. The standard InChI is InChI=1S/C74H56N2/c1-41-19-13-20-42(2)63(41)55-29-17-30-56(64-43(3)21-14-22-44(64)4)67(55)49-35-37-53-61(39-49)75-59-33-11-9-27-51(59)70-72-54-38-36-50(40-62(54)76-60-34-12-10-28-52(60)69(74(72)76)71(53)73(70)75)68-57(65-45(5)23-15-24-46(65)6)31-18-32-58(68)66-47(7)25-16-26-48(66)8/h9-40H,1-8H3. The molecule has 4 aromatic heterocycles. The number of benzene rings is 11. The van der Waals surface area contributed by atoms with Gasteiger partial charge in [0.15, 0.2) is 0 Å². The molecule has 76 heavy (non-hydrogen) atoms. The van der Waals surface area contributed by atoms with E-state index in [0.717, 1.165) is 0 Å². The second kappa shape index (κ2) is 16.3. The van der Waals surface area contributed by atoms with E-state index < -0.39 is 0 Å². The number of aromatic nitrogens is 2. The Morgan fingerprint density at radius 2 is 0.487 bits per heavy atom. The van der Waals surface area contributed by atoms with Gasteiger partial charge in [0.05, 0.1) is 33.1 Å². The molecule has 362 valence electrons. The Kier molecular flexibility index (Phi) is 9.52. The molecule has 0 aliphatic rings. The maximum atomic E-state index is 2.62. The zero-order valence-electron chi connectivity index (χ0n) is 44.4. The minimum atomic E-state index is 1.22. The molecule has 0 unspecified atom stereocenters. The Morgan fingerprint density at radius 3 is 0.789 bits per heavy atom. The van der Waals surface area contributed by atoms with Gasteiger partial charge in [0.1, 0.15) is 0 Å². The fourth-order valence-corrected chi connectivity index (χ4v) is 14.4. The van der Waals surface area contributed by atoms with Crippen molar-refractivity contribution in [3.63, 3.8) is 0 Å². The van der Waals surface area contributed by atoms with Gasteiger partial charge in [0, 0.05) is 43.1 Å². The van der Waals surface area contributed by atoms with Crippen molar-refractivity contribution in [2.45, 2.75) is 55.4 Å². The van der Waals surface area contributed by atoms with Crippen LogP contribution in [-0.4, -0.2) is 8.80 Å². The molecule has 0 spiro atoms. The van der Waals surface area contributed by atoms with Gasteiger partial charge in [0.2, 0.25) is 0 Å². The van der Waals surface area contributed by atoms with Crippen molar-refractivity contribution in [1.29, 1.82) is 0 Å². The first-order chi connectivity index (χ1) is 37.1. The molecule has 0 atom stereocenters. The van der Waals surface area contributed by atoms with Crippen molar-refractivity contribution in [2.24, 2.45) is 0 Å². The van der Waals surface area contributed by atoms with Crippen LogP contribution in [0.25, 0.3) is 143 Å². The van der Waals surface area contributed by atoms with Crippen LogP contribution in [0.15, 0.2) is 194 Å². The minimum absolute atomic E-state index is 1.22. The van der Waals surface area contributed by atoms with Crippen LogP contribution in [0.4, 0.5) is 0 Å². The summed E-state index contributed by atoms with van der Waals surface area (Å²) >= 11 is 0. The van der Waals surface area contributed by atoms with Gasteiger partial charge in [-0.3, -0.25) is 0 Å². The summed E-state index contributed by atoms with van der Waals surface area (Å²) < 4.78 is 5.23. The lowest BCUT2D eigenvalue weighted by Crippen LogP contribution is -1.97. The number of nitrogens with zero attached hydrogens (tertiary/aromatic N) is 2. The smallest absolute Gasteiger partial charge is 0.0634 e. The van der Waals surface area contributed by atoms with E-state index in [2.05, 4.69) is 258 Å². The average Bonchev–Trinajstić information content (AvgIpc) is 4.28. The molecular formula is C74H56N2. The maximum Gasteiger partial charge on any atom is 0.0634 e. The van der Waals surface area contributed by atoms with Crippen LogP contribution in [-0.2, 0) is 0 Å². The Bertz CT molecular complexity index is 4420. The van der Waals surface area contributed by atoms with Crippen LogP contribution in [0.2, 0.25) is 0 Å². The lowest BCUT2D eigenvalue weighted by atomic mass is 9.82. The predicted molar refractivity (Wildman–Crippen MR) is 326 cm³/mol. The van der Waals surface area contributed by atoms with E-state index in [1.807, 2.05) is 0 Å². The fourth-order valence-electron chi connectivity index (χ4n) is 14.4. The molecule has 0 N–H and O–H groups in total. The van der Waals surface area contributed by atoms with Gasteiger partial charge in [-0.25, -0.2) is 0 Å². The topological polar surface area (TPSA) is 8.82 Å². The second-order valence-corrected chi connectivity index (χ2v) is 21.9. The van der Waals surface area contributed by atoms with Crippen molar-refractivity contribution in [1.82, 2.24) is 8.80 Å². The van der Waals surface area contributed by atoms with E-state index >= 15 is 0 Å². The lowest BCUT2D eigenvalue weighted by molar-refractivity contribution is 1.36. The third-order valence-corrected chi connectivity index (χ3v) is 17.4.